The van der Waals surface area contributed by atoms with Gasteiger partial charge in [0.1, 0.15) is 0 Å². The number of fused-ring (bicyclic) bond motifs is 1. The van der Waals surface area contributed by atoms with Crippen molar-refractivity contribution >= 4 is 45.0 Å². The van der Waals surface area contributed by atoms with Crippen molar-refractivity contribution in [1.82, 2.24) is 20.2 Å². The third-order valence-corrected chi connectivity index (χ3v) is 4.09. The van der Waals surface area contributed by atoms with Crippen LogP contribution in [0.15, 0.2) is 54.9 Å². The quantitative estimate of drug-likeness (QED) is 0.256. The first-order valence-corrected chi connectivity index (χ1v) is 10.7. The molecule has 4 rings (SSSR count). The third kappa shape index (κ3) is 4.66. The topological polar surface area (TPSA) is 66.5 Å². The summed E-state index contributed by atoms with van der Waals surface area (Å²) in [5, 5.41) is 10.8. The minimum atomic E-state index is -4.48. The molecule has 0 aliphatic rings. The number of hydrogen-bond acceptors (Lipinski definition) is 4. The minimum absolute atomic E-state index is 0.0111. The maximum absolute atomic E-state index is 13.4. The van der Waals surface area contributed by atoms with Crippen LogP contribution in [-0.4, -0.2) is 25.1 Å². The Hall–Kier alpha value is -2.69. The molecule has 4 aromatic rings. The van der Waals surface area contributed by atoms with Crippen LogP contribution in [0.5, 0.6) is 0 Å². The van der Waals surface area contributed by atoms with E-state index in [2.05, 4.69) is 48.1 Å². The maximum atomic E-state index is 13.4. The van der Waals surface area contributed by atoms with Crippen LogP contribution in [-0.2, 0) is 6.18 Å². The summed E-state index contributed by atoms with van der Waals surface area (Å²) in [7, 11) is 0. The van der Waals surface area contributed by atoms with E-state index in [0.717, 1.165) is 17.1 Å². The van der Waals surface area contributed by atoms with Crippen LogP contribution < -0.4 is 5.32 Å². The SMILES string of the molecule is CI.Cc1cc(Nc2cc(-c3ccccc3C(F)(F)F)nc3cnccc23)n[nH]1. The van der Waals surface area contributed by atoms with E-state index in [-0.39, 0.29) is 11.3 Å². The van der Waals surface area contributed by atoms with Gasteiger partial charge in [-0.25, -0.2) is 4.98 Å². The predicted molar refractivity (Wildman–Crippen MR) is 117 cm³/mol. The number of rotatable bonds is 3. The van der Waals surface area contributed by atoms with Crippen LogP contribution in [0.25, 0.3) is 22.2 Å². The average molecular weight is 511 g/mol. The second kappa shape index (κ2) is 8.76. The molecule has 0 atom stereocenters. The van der Waals surface area contributed by atoms with Gasteiger partial charge in [-0.15, -0.1) is 0 Å². The van der Waals surface area contributed by atoms with E-state index in [4.69, 9.17) is 0 Å². The molecule has 150 valence electrons. The Kier molecular flexibility index (Phi) is 6.36. The van der Waals surface area contributed by atoms with E-state index in [1.165, 1.54) is 18.3 Å². The Bertz CT molecular complexity index is 1120. The molecule has 0 aliphatic carbocycles. The second-order valence-corrected chi connectivity index (χ2v) is 6.05. The summed E-state index contributed by atoms with van der Waals surface area (Å²) < 4.78 is 40.3. The van der Waals surface area contributed by atoms with Gasteiger partial charge in [0.2, 0.25) is 0 Å². The van der Waals surface area contributed by atoms with E-state index in [9.17, 15) is 13.2 Å². The van der Waals surface area contributed by atoms with E-state index in [1.54, 1.807) is 30.5 Å². The van der Waals surface area contributed by atoms with Crippen molar-refractivity contribution < 1.29 is 13.2 Å². The highest BCUT2D eigenvalue weighted by Crippen LogP contribution is 2.38. The van der Waals surface area contributed by atoms with Crippen molar-refractivity contribution in [2.45, 2.75) is 13.1 Å². The number of alkyl halides is 4. The van der Waals surface area contributed by atoms with Crippen LogP contribution in [0.3, 0.4) is 0 Å². The molecule has 0 unspecified atom stereocenters. The molecule has 0 saturated carbocycles. The number of pyridine rings is 2. The summed E-state index contributed by atoms with van der Waals surface area (Å²) >= 11 is 2.15. The van der Waals surface area contributed by atoms with Gasteiger partial charge >= 0.3 is 6.18 Å². The monoisotopic (exact) mass is 511 g/mol. The number of benzene rings is 1. The Morgan fingerprint density at radius 2 is 1.83 bits per heavy atom. The number of anilines is 2. The minimum Gasteiger partial charge on any atom is -0.338 e. The number of aromatic nitrogens is 4. The van der Waals surface area contributed by atoms with Crippen molar-refractivity contribution in [2.75, 3.05) is 10.2 Å². The molecule has 3 heterocycles. The smallest absolute Gasteiger partial charge is 0.338 e. The van der Waals surface area contributed by atoms with Crippen molar-refractivity contribution in [3.63, 3.8) is 0 Å². The molecule has 0 aliphatic heterocycles. The maximum Gasteiger partial charge on any atom is 0.417 e. The summed E-state index contributed by atoms with van der Waals surface area (Å²) in [5.41, 5.74) is 1.43. The van der Waals surface area contributed by atoms with Crippen LogP contribution in [0.1, 0.15) is 11.3 Å². The number of aromatic amines is 1. The Morgan fingerprint density at radius 1 is 1.07 bits per heavy atom. The molecule has 0 fully saturated rings. The first kappa shape index (κ1) is 21.0. The highest BCUT2D eigenvalue weighted by Gasteiger charge is 2.33. The molecule has 0 spiro atoms. The molecule has 0 radical (unpaired) electrons. The number of nitrogens with one attached hydrogen (secondary N) is 2. The lowest BCUT2D eigenvalue weighted by Crippen LogP contribution is -2.07. The van der Waals surface area contributed by atoms with Crippen LogP contribution in [0.2, 0.25) is 0 Å². The van der Waals surface area contributed by atoms with Crippen LogP contribution in [0.4, 0.5) is 24.7 Å². The zero-order chi connectivity index (χ0) is 21.0. The molecule has 2 N–H and O–H groups in total. The first-order chi connectivity index (χ1) is 13.9. The van der Waals surface area contributed by atoms with Gasteiger partial charge in [-0.05, 0) is 30.1 Å². The van der Waals surface area contributed by atoms with Gasteiger partial charge in [-0.2, -0.15) is 18.3 Å². The van der Waals surface area contributed by atoms with E-state index >= 15 is 0 Å². The first-order valence-electron chi connectivity index (χ1n) is 8.50. The third-order valence-electron chi connectivity index (χ3n) is 4.09. The highest BCUT2D eigenvalue weighted by molar-refractivity contribution is 14.1. The van der Waals surface area contributed by atoms with Gasteiger partial charge in [-0.1, -0.05) is 40.8 Å². The van der Waals surface area contributed by atoms with Gasteiger partial charge in [0, 0.05) is 28.9 Å². The van der Waals surface area contributed by atoms with Gasteiger partial charge in [-0.3, -0.25) is 10.1 Å². The standard InChI is InChI=1S/C19H14F3N5.CH3I/c1-11-8-18(27-26-11)25-16-9-15(24-17-10-23-7-6-13(16)17)12-4-2-3-5-14(12)19(20,21)22;1-2/h2-10H,1H3,(H2,24,25,26,27);1H3. The van der Waals surface area contributed by atoms with Crippen molar-refractivity contribution in [1.29, 1.82) is 0 Å². The van der Waals surface area contributed by atoms with Crippen LogP contribution in [0, 0.1) is 6.92 Å². The number of nitrogens with zero attached hydrogens (tertiary/aromatic N) is 3. The molecule has 0 saturated heterocycles. The van der Waals surface area contributed by atoms with Crippen molar-refractivity contribution in [2.24, 2.45) is 0 Å². The van der Waals surface area contributed by atoms with Gasteiger partial charge < -0.3 is 5.32 Å². The van der Waals surface area contributed by atoms with Gasteiger partial charge in [0.05, 0.1) is 28.7 Å². The Balaban J connectivity index is 0.00000117. The summed E-state index contributed by atoms with van der Waals surface area (Å²) in [6.45, 7) is 1.86. The predicted octanol–water partition coefficient (Wildman–Crippen LogP) is 6.14. The largest absolute Gasteiger partial charge is 0.417 e. The molecule has 29 heavy (non-hydrogen) atoms. The molecular formula is C20H17F3IN5. The van der Waals surface area contributed by atoms with Crippen molar-refractivity contribution in [3.8, 4) is 11.3 Å². The molecule has 0 bridgehead atoms. The Morgan fingerprint density at radius 3 is 2.52 bits per heavy atom. The number of H-pyrrole nitrogens is 1. The lowest BCUT2D eigenvalue weighted by molar-refractivity contribution is -0.137. The van der Waals surface area contributed by atoms with E-state index in [1.807, 2.05) is 11.9 Å². The molecule has 5 nitrogen and oxygen atoms in total. The summed E-state index contributed by atoms with van der Waals surface area (Å²) in [6, 6.07) is 10.5. The lowest BCUT2D eigenvalue weighted by Gasteiger charge is -2.14. The number of aryl methyl sites for hydroxylation is 1. The zero-order valence-electron chi connectivity index (χ0n) is 15.5. The normalized spacial score (nSPS) is 11.1. The molecule has 1 aromatic carbocycles. The number of hydrogen-bond donors (Lipinski definition) is 2. The fourth-order valence-corrected chi connectivity index (χ4v) is 2.89. The summed E-state index contributed by atoms with van der Waals surface area (Å²) in [5.74, 6) is 0.562. The van der Waals surface area contributed by atoms with Crippen molar-refractivity contribution in [3.05, 3.63) is 66.1 Å². The fourth-order valence-electron chi connectivity index (χ4n) is 2.89. The summed E-state index contributed by atoms with van der Waals surface area (Å²) in [6.07, 6.45) is -1.35. The molecule has 9 heteroatoms. The van der Waals surface area contributed by atoms with Crippen LogP contribution >= 0.6 is 22.6 Å². The Labute approximate surface area is 178 Å². The molecular weight excluding hydrogens is 494 g/mol. The average Bonchev–Trinajstić information content (AvgIpc) is 3.13. The van der Waals surface area contributed by atoms with Gasteiger partial charge in [0.15, 0.2) is 5.82 Å². The zero-order valence-corrected chi connectivity index (χ0v) is 17.7. The molecule has 3 aromatic heterocycles. The fraction of sp³-hybridized carbons (Fsp3) is 0.150. The lowest BCUT2D eigenvalue weighted by atomic mass is 10.0. The summed E-state index contributed by atoms with van der Waals surface area (Å²) in [4.78, 5) is 10.4. The highest BCUT2D eigenvalue weighted by atomic mass is 127. The van der Waals surface area contributed by atoms with E-state index in [0.29, 0.717) is 17.0 Å². The second-order valence-electron chi connectivity index (χ2n) is 6.05. The van der Waals surface area contributed by atoms with Gasteiger partial charge in [0.25, 0.3) is 0 Å². The molecule has 0 amide bonds. The van der Waals surface area contributed by atoms with E-state index < -0.39 is 11.7 Å². The number of halogens is 4.